The van der Waals surface area contributed by atoms with Crippen molar-refractivity contribution < 1.29 is 9.47 Å². The van der Waals surface area contributed by atoms with Crippen molar-refractivity contribution in [2.45, 2.75) is 31.7 Å². The van der Waals surface area contributed by atoms with Crippen molar-refractivity contribution in [3.05, 3.63) is 108 Å². The first kappa shape index (κ1) is 20.8. The second-order valence-electron chi connectivity index (χ2n) is 8.31. The summed E-state index contributed by atoms with van der Waals surface area (Å²) in [5.41, 5.74) is 14.6. The number of allylic oxidation sites excluding steroid dienone is 1. The predicted octanol–water partition coefficient (Wildman–Crippen LogP) is 5.94. The van der Waals surface area contributed by atoms with Crippen molar-refractivity contribution in [3.8, 4) is 17.2 Å². The molecule has 0 bridgehead atoms. The third-order valence-electron chi connectivity index (χ3n) is 5.60. The van der Waals surface area contributed by atoms with E-state index in [1.165, 1.54) is 11.1 Å². The Morgan fingerprint density at radius 1 is 0.742 bits per heavy atom. The van der Waals surface area contributed by atoms with Gasteiger partial charge in [-0.2, -0.15) is 0 Å². The van der Waals surface area contributed by atoms with E-state index in [9.17, 15) is 0 Å². The zero-order valence-corrected chi connectivity index (χ0v) is 17.9. The van der Waals surface area contributed by atoms with Crippen molar-refractivity contribution in [1.82, 2.24) is 0 Å². The van der Waals surface area contributed by atoms with Crippen LogP contribution in [0.15, 0.2) is 96.8 Å². The van der Waals surface area contributed by atoms with Gasteiger partial charge in [0.15, 0.2) is 0 Å². The maximum absolute atomic E-state index is 5.95. The first-order valence-electron chi connectivity index (χ1n) is 10.5. The molecular weight excluding hydrogens is 384 g/mol. The molecule has 4 nitrogen and oxygen atoms in total. The largest absolute Gasteiger partial charge is 0.458 e. The number of hydrogen-bond donors (Lipinski definition) is 2. The van der Waals surface area contributed by atoms with Crippen molar-refractivity contribution in [2.24, 2.45) is 5.73 Å². The lowest BCUT2D eigenvalue weighted by atomic mass is 9.78. The van der Waals surface area contributed by atoms with Crippen LogP contribution in [0.1, 0.15) is 31.4 Å². The summed E-state index contributed by atoms with van der Waals surface area (Å²) in [7, 11) is 0. The van der Waals surface area contributed by atoms with Gasteiger partial charge < -0.3 is 20.9 Å². The summed E-state index contributed by atoms with van der Waals surface area (Å²) in [6.07, 6.45) is 6.72. The normalized spacial score (nSPS) is 16.0. The maximum Gasteiger partial charge on any atom is 0.127 e. The molecule has 0 fully saturated rings. The molecule has 4 heteroatoms. The molecule has 0 aliphatic heterocycles. The van der Waals surface area contributed by atoms with Crippen LogP contribution in [0.2, 0.25) is 0 Å². The van der Waals surface area contributed by atoms with Gasteiger partial charge in [-0.05, 0) is 78.2 Å². The van der Waals surface area contributed by atoms with Gasteiger partial charge in [0, 0.05) is 17.1 Å². The van der Waals surface area contributed by atoms with Gasteiger partial charge in [0.1, 0.15) is 23.0 Å². The minimum absolute atomic E-state index is 0.0822. The maximum atomic E-state index is 5.95. The molecule has 1 aliphatic rings. The number of benzene rings is 3. The van der Waals surface area contributed by atoms with E-state index in [2.05, 4.69) is 38.1 Å². The van der Waals surface area contributed by atoms with Crippen molar-refractivity contribution >= 4 is 5.69 Å². The lowest BCUT2D eigenvalue weighted by Crippen LogP contribution is -2.19. The van der Waals surface area contributed by atoms with Crippen LogP contribution >= 0.6 is 0 Å². The second-order valence-corrected chi connectivity index (χ2v) is 8.31. The Balaban J connectivity index is 1.44. The fourth-order valence-electron chi connectivity index (χ4n) is 3.55. The fourth-order valence-corrected chi connectivity index (χ4v) is 3.55. The molecular formula is C27H28N2O2. The van der Waals surface area contributed by atoms with Crippen LogP contribution in [0.4, 0.5) is 5.69 Å². The monoisotopic (exact) mass is 412 g/mol. The molecule has 4 rings (SSSR count). The Kier molecular flexibility index (Phi) is 5.83. The van der Waals surface area contributed by atoms with E-state index < -0.39 is 0 Å². The predicted molar refractivity (Wildman–Crippen MR) is 126 cm³/mol. The molecule has 0 amide bonds. The lowest BCUT2D eigenvalue weighted by Gasteiger charge is -2.26. The molecule has 0 spiro atoms. The minimum Gasteiger partial charge on any atom is -0.458 e. The molecule has 1 aliphatic carbocycles. The highest BCUT2D eigenvalue weighted by atomic mass is 16.5. The topological polar surface area (TPSA) is 70.5 Å². The van der Waals surface area contributed by atoms with Gasteiger partial charge in [0.25, 0.3) is 0 Å². The summed E-state index contributed by atoms with van der Waals surface area (Å²) in [6.45, 7) is 4.43. The van der Waals surface area contributed by atoms with E-state index in [0.717, 1.165) is 35.1 Å². The molecule has 0 radical (unpaired) electrons. The Morgan fingerprint density at radius 2 is 1.23 bits per heavy atom. The van der Waals surface area contributed by atoms with E-state index in [1.807, 2.05) is 66.8 Å². The molecule has 3 aromatic rings. The zero-order chi connectivity index (χ0) is 21.8. The minimum atomic E-state index is -0.158. The van der Waals surface area contributed by atoms with Crippen molar-refractivity contribution in [1.29, 1.82) is 0 Å². The summed E-state index contributed by atoms with van der Waals surface area (Å²) < 4.78 is 11.9. The zero-order valence-electron chi connectivity index (χ0n) is 17.9. The quantitative estimate of drug-likeness (QED) is 0.492. The average molecular weight is 413 g/mol. The molecule has 4 N–H and O–H groups in total. The van der Waals surface area contributed by atoms with Gasteiger partial charge in [0.2, 0.25) is 0 Å². The Hall–Kier alpha value is -3.50. The van der Waals surface area contributed by atoms with Crippen LogP contribution in [-0.4, -0.2) is 6.04 Å². The SMILES string of the molecule is CC(C)(c1ccc(OC2=CCC(N)C=C2)cc1)c1ccc(Oc2ccc(N)cc2)cc1. The van der Waals surface area contributed by atoms with E-state index in [4.69, 9.17) is 20.9 Å². The first-order valence-corrected chi connectivity index (χ1v) is 10.5. The number of rotatable bonds is 6. The van der Waals surface area contributed by atoms with E-state index in [0.29, 0.717) is 0 Å². The smallest absolute Gasteiger partial charge is 0.127 e. The average Bonchev–Trinajstić information content (AvgIpc) is 2.78. The van der Waals surface area contributed by atoms with Crippen LogP contribution in [0, 0.1) is 0 Å². The molecule has 31 heavy (non-hydrogen) atoms. The molecule has 1 atom stereocenters. The van der Waals surface area contributed by atoms with Crippen LogP contribution in [0.25, 0.3) is 0 Å². The highest BCUT2D eigenvalue weighted by molar-refractivity contribution is 5.45. The molecule has 3 aromatic carbocycles. The summed E-state index contributed by atoms with van der Waals surface area (Å²) >= 11 is 0. The number of ether oxygens (including phenoxy) is 2. The molecule has 0 saturated heterocycles. The Labute approximate surface area is 183 Å². The number of nitrogen functional groups attached to an aromatic ring is 1. The Morgan fingerprint density at radius 3 is 1.71 bits per heavy atom. The first-order chi connectivity index (χ1) is 14.9. The highest BCUT2D eigenvalue weighted by Crippen LogP contribution is 2.34. The molecule has 0 aromatic heterocycles. The molecule has 0 saturated carbocycles. The van der Waals surface area contributed by atoms with E-state index in [-0.39, 0.29) is 11.5 Å². The standard InChI is InChI=1S/C27H28N2O2/c1-27(2,19-3-11-23(12-4-19)30-25-15-7-21(28)8-16-25)20-5-13-24(14-6-20)31-26-17-9-22(29)10-18-26/h3-9,11-18,22H,10,28-29H2,1-2H3. The third kappa shape index (κ3) is 4.98. The molecule has 1 unspecified atom stereocenters. The molecule has 0 heterocycles. The summed E-state index contributed by atoms with van der Waals surface area (Å²) in [6, 6.07) is 23.9. The van der Waals surface area contributed by atoms with Crippen LogP contribution in [0.3, 0.4) is 0 Å². The summed E-state index contributed by atoms with van der Waals surface area (Å²) in [5, 5.41) is 0. The van der Waals surface area contributed by atoms with E-state index in [1.54, 1.807) is 0 Å². The number of nitrogens with two attached hydrogens (primary N) is 2. The van der Waals surface area contributed by atoms with Crippen molar-refractivity contribution in [2.75, 3.05) is 5.73 Å². The summed E-state index contributed by atoms with van der Waals surface area (Å²) in [4.78, 5) is 0. The van der Waals surface area contributed by atoms with Crippen LogP contribution in [0.5, 0.6) is 17.2 Å². The van der Waals surface area contributed by atoms with E-state index >= 15 is 0 Å². The van der Waals surface area contributed by atoms with Crippen LogP contribution < -0.4 is 20.9 Å². The third-order valence-corrected chi connectivity index (χ3v) is 5.60. The van der Waals surface area contributed by atoms with Gasteiger partial charge in [-0.3, -0.25) is 0 Å². The van der Waals surface area contributed by atoms with Gasteiger partial charge in [-0.25, -0.2) is 0 Å². The van der Waals surface area contributed by atoms with Gasteiger partial charge in [0.05, 0.1) is 0 Å². The summed E-state index contributed by atoms with van der Waals surface area (Å²) in [5.74, 6) is 3.21. The lowest BCUT2D eigenvalue weighted by molar-refractivity contribution is 0.437. The number of hydrogen-bond acceptors (Lipinski definition) is 4. The van der Waals surface area contributed by atoms with Gasteiger partial charge in [-0.15, -0.1) is 0 Å². The van der Waals surface area contributed by atoms with Gasteiger partial charge in [-0.1, -0.05) is 44.2 Å². The van der Waals surface area contributed by atoms with Gasteiger partial charge >= 0.3 is 0 Å². The van der Waals surface area contributed by atoms with Crippen LogP contribution in [-0.2, 0) is 5.41 Å². The highest BCUT2D eigenvalue weighted by Gasteiger charge is 2.23. The van der Waals surface area contributed by atoms with Crippen molar-refractivity contribution in [3.63, 3.8) is 0 Å². The number of anilines is 1. The second kappa shape index (κ2) is 8.70. The molecule has 158 valence electrons. The Bertz CT molecular complexity index is 1080. The fraction of sp³-hybridized carbons (Fsp3) is 0.185.